The van der Waals surface area contributed by atoms with Crippen LogP contribution in [0.15, 0.2) is 48.5 Å². The maximum Gasteiger partial charge on any atom is 0.265 e. The van der Waals surface area contributed by atoms with E-state index in [9.17, 15) is 14.4 Å². The van der Waals surface area contributed by atoms with Gasteiger partial charge < -0.3 is 24.2 Å². The molecule has 3 heterocycles. The molecule has 2 aromatic carbocycles. The second-order valence-corrected chi connectivity index (χ2v) is 8.51. The molecular weight excluding hydrogens is 422 g/mol. The van der Waals surface area contributed by atoms with Crippen LogP contribution < -0.4 is 14.5 Å². The Balaban J connectivity index is 1.32. The molecule has 2 saturated heterocycles. The lowest BCUT2D eigenvalue weighted by Gasteiger charge is -2.37. The van der Waals surface area contributed by atoms with Gasteiger partial charge in [-0.15, -0.1) is 0 Å². The number of carbonyl (C=O) groups excluding carboxylic acids is 3. The van der Waals surface area contributed by atoms with E-state index in [4.69, 9.17) is 9.47 Å². The summed E-state index contributed by atoms with van der Waals surface area (Å²) in [5.74, 6) is 0.451. The van der Waals surface area contributed by atoms with Crippen molar-refractivity contribution in [2.45, 2.75) is 25.4 Å². The summed E-state index contributed by atoms with van der Waals surface area (Å²) in [5.41, 5.74) is 2.39. The van der Waals surface area contributed by atoms with Crippen LogP contribution in [0.5, 0.6) is 5.75 Å². The first kappa shape index (κ1) is 21.5. The van der Waals surface area contributed by atoms with Crippen molar-refractivity contribution in [3.63, 3.8) is 0 Å². The molecule has 0 spiro atoms. The molecule has 0 aromatic heterocycles. The molecule has 33 heavy (non-hydrogen) atoms. The number of rotatable bonds is 4. The number of anilines is 2. The standard InChI is InChI=1S/C25H27N3O5/c29-23-6-3-11-27(23)19-9-7-18(8-10-19)16-24(30)28-17-22(25(31)26-12-14-32-15-13-26)33-21-5-2-1-4-20(21)28/h1-2,4-5,7-10,22H,3,6,11-17H2/t22-/m1/s1. The molecule has 0 N–H and O–H groups in total. The van der Waals surface area contributed by atoms with Crippen molar-refractivity contribution >= 4 is 29.1 Å². The van der Waals surface area contributed by atoms with Crippen LogP contribution in [0.2, 0.25) is 0 Å². The Bertz CT molecular complexity index is 1050. The SMILES string of the molecule is O=C([C@H]1CN(C(=O)Cc2ccc(N3CCCC3=O)cc2)c2ccccc2O1)N1CCOCC1. The van der Waals surface area contributed by atoms with Gasteiger partial charge in [-0.1, -0.05) is 24.3 Å². The normalized spacial score (nSPS) is 20.4. The maximum absolute atomic E-state index is 13.3. The van der Waals surface area contributed by atoms with E-state index in [0.717, 1.165) is 24.2 Å². The number of amides is 3. The summed E-state index contributed by atoms with van der Waals surface area (Å²) in [6.45, 7) is 2.99. The number of benzene rings is 2. The quantitative estimate of drug-likeness (QED) is 0.714. The third kappa shape index (κ3) is 4.43. The number of fused-ring (bicyclic) bond motifs is 1. The van der Waals surface area contributed by atoms with Gasteiger partial charge in [0.2, 0.25) is 11.8 Å². The summed E-state index contributed by atoms with van der Waals surface area (Å²) >= 11 is 0. The molecule has 8 heteroatoms. The summed E-state index contributed by atoms with van der Waals surface area (Å²) in [4.78, 5) is 43.5. The summed E-state index contributed by atoms with van der Waals surface area (Å²) < 4.78 is 11.3. The molecule has 0 bridgehead atoms. The van der Waals surface area contributed by atoms with E-state index in [1.165, 1.54) is 0 Å². The Hall–Kier alpha value is -3.39. The van der Waals surface area contributed by atoms with E-state index in [0.29, 0.717) is 44.2 Å². The number of ether oxygens (including phenoxy) is 2. The zero-order valence-corrected chi connectivity index (χ0v) is 18.4. The zero-order chi connectivity index (χ0) is 22.8. The van der Waals surface area contributed by atoms with E-state index in [1.54, 1.807) is 20.8 Å². The van der Waals surface area contributed by atoms with Crippen molar-refractivity contribution in [1.29, 1.82) is 0 Å². The van der Waals surface area contributed by atoms with Gasteiger partial charge in [0.25, 0.3) is 5.91 Å². The number of hydrogen-bond acceptors (Lipinski definition) is 5. The number of carbonyl (C=O) groups is 3. The highest BCUT2D eigenvalue weighted by Gasteiger charge is 2.36. The minimum Gasteiger partial charge on any atom is -0.476 e. The van der Waals surface area contributed by atoms with E-state index in [-0.39, 0.29) is 30.7 Å². The molecule has 0 aliphatic carbocycles. The first-order chi connectivity index (χ1) is 16.1. The molecule has 172 valence electrons. The number of morpholine rings is 1. The molecule has 2 fully saturated rings. The van der Waals surface area contributed by atoms with E-state index in [1.807, 2.05) is 42.5 Å². The molecule has 3 amide bonds. The topological polar surface area (TPSA) is 79.4 Å². The smallest absolute Gasteiger partial charge is 0.265 e. The molecule has 5 rings (SSSR count). The first-order valence-electron chi connectivity index (χ1n) is 11.4. The van der Waals surface area contributed by atoms with Crippen LogP contribution in [0, 0.1) is 0 Å². The molecule has 3 aliphatic rings. The average molecular weight is 450 g/mol. The van der Waals surface area contributed by atoms with Crippen LogP contribution in [-0.4, -0.2) is 68.1 Å². The van der Waals surface area contributed by atoms with Gasteiger partial charge in [0.15, 0.2) is 6.10 Å². The second kappa shape index (κ2) is 9.23. The van der Waals surface area contributed by atoms with Crippen LogP contribution in [0.1, 0.15) is 18.4 Å². The predicted octanol–water partition coefficient (Wildman–Crippen LogP) is 2.01. The van der Waals surface area contributed by atoms with Crippen molar-refractivity contribution in [2.75, 3.05) is 49.2 Å². The van der Waals surface area contributed by atoms with E-state index in [2.05, 4.69) is 0 Å². The van der Waals surface area contributed by atoms with Gasteiger partial charge in [-0.05, 0) is 36.2 Å². The van der Waals surface area contributed by atoms with Crippen LogP contribution >= 0.6 is 0 Å². The largest absolute Gasteiger partial charge is 0.476 e. The lowest BCUT2D eigenvalue weighted by atomic mass is 10.1. The van der Waals surface area contributed by atoms with Crippen molar-refractivity contribution in [1.82, 2.24) is 4.90 Å². The first-order valence-corrected chi connectivity index (χ1v) is 11.4. The van der Waals surface area contributed by atoms with Gasteiger partial charge in [0.1, 0.15) is 5.75 Å². The fourth-order valence-corrected chi connectivity index (χ4v) is 4.57. The van der Waals surface area contributed by atoms with Gasteiger partial charge in [-0.25, -0.2) is 0 Å². The summed E-state index contributed by atoms with van der Waals surface area (Å²) in [6, 6.07) is 14.9. The third-order valence-corrected chi connectivity index (χ3v) is 6.35. The molecule has 0 radical (unpaired) electrons. The van der Waals surface area contributed by atoms with Crippen molar-refractivity contribution in [3.8, 4) is 5.75 Å². The predicted molar refractivity (Wildman–Crippen MR) is 122 cm³/mol. The van der Waals surface area contributed by atoms with E-state index < -0.39 is 6.10 Å². The zero-order valence-electron chi connectivity index (χ0n) is 18.4. The third-order valence-electron chi connectivity index (χ3n) is 6.35. The lowest BCUT2D eigenvalue weighted by molar-refractivity contribution is -0.142. The summed E-state index contributed by atoms with van der Waals surface area (Å²) in [7, 11) is 0. The van der Waals surface area contributed by atoms with Crippen LogP contribution in [0.4, 0.5) is 11.4 Å². The number of nitrogens with zero attached hydrogens (tertiary/aromatic N) is 3. The highest BCUT2D eigenvalue weighted by atomic mass is 16.5. The van der Waals surface area contributed by atoms with E-state index >= 15 is 0 Å². The fraction of sp³-hybridized carbons (Fsp3) is 0.400. The molecule has 3 aliphatic heterocycles. The molecule has 2 aromatic rings. The average Bonchev–Trinajstić information content (AvgIpc) is 3.29. The van der Waals surface area contributed by atoms with Crippen LogP contribution in [-0.2, 0) is 25.5 Å². The van der Waals surface area contributed by atoms with Gasteiger partial charge in [0.05, 0.1) is 31.9 Å². The van der Waals surface area contributed by atoms with Crippen molar-refractivity contribution in [3.05, 3.63) is 54.1 Å². The Morgan fingerprint density at radius 3 is 2.45 bits per heavy atom. The van der Waals surface area contributed by atoms with Gasteiger partial charge in [0, 0.05) is 31.7 Å². The Morgan fingerprint density at radius 1 is 0.970 bits per heavy atom. The van der Waals surface area contributed by atoms with Crippen molar-refractivity contribution in [2.24, 2.45) is 0 Å². The highest BCUT2D eigenvalue weighted by Crippen LogP contribution is 2.34. The minimum atomic E-state index is -0.745. The number of hydrogen-bond donors (Lipinski definition) is 0. The summed E-state index contributed by atoms with van der Waals surface area (Å²) in [6.07, 6.45) is 0.910. The highest BCUT2D eigenvalue weighted by molar-refractivity contribution is 5.99. The Kier molecular flexibility index (Phi) is 6.00. The van der Waals surface area contributed by atoms with Gasteiger partial charge >= 0.3 is 0 Å². The number of para-hydroxylation sites is 2. The molecule has 8 nitrogen and oxygen atoms in total. The lowest BCUT2D eigenvalue weighted by Crippen LogP contribution is -2.54. The molecule has 0 unspecified atom stereocenters. The monoisotopic (exact) mass is 449 g/mol. The fourth-order valence-electron chi connectivity index (χ4n) is 4.57. The summed E-state index contributed by atoms with van der Waals surface area (Å²) in [5, 5.41) is 0. The maximum atomic E-state index is 13.3. The van der Waals surface area contributed by atoms with Gasteiger partial charge in [-0.3, -0.25) is 14.4 Å². The van der Waals surface area contributed by atoms with Gasteiger partial charge in [-0.2, -0.15) is 0 Å². The molecular formula is C25H27N3O5. The molecule has 1 atom stereocenters. The molecule has 0 saturated carbocycles. The Morgan fingerprint density at radius 2 is 1.73 bits per heavy atom. The second-order valence-electron chi connectivity index (χ2n) is 8.51. The Labute approximate surface area is 192 Å². The minimum absolute atomic E-state index is 0.101. The van der Waals surface area contributed by atoms with Crippen LogP contribution in [0.25, 0.3) is 0 Å². The van der Waals surface area contributed by atoms with Crippen LogP contribution in [0.3, 0.4) is 0 Å². The van der Waals surface area contributed by atoms with Crippen molar-refractivity contribution < 1.29 is 23.9 Å².